The summed E-state index contributed by atoms with van der Waals surface area (Å²) in [6.07, 6.45) is 1.91. The van der Waals surface area contributed by atoms with Crippen LogP contribution in [0, 0.1) is 0 Å². The van der Waals surface area contributed by atoms with E-state index in [9.17, 15) is 9.59 Å². The van der Waals surface area contributed by atoms with Crippen molar-refractivity contribution in [1.82, 2.24) is 9.88 Å². The summed E-state index contributed by atoms with van der Waals surface area (Å²) in [5.74, 6) is 0.632. The molecule has 0 saturated heterocycles. The molecule has 0 fully saturated rings. The van der Waals surface area contributed by atoms with Crippen molar-refractivity contribution >= 4 is 23.6 Å². The monoisotopic (exact) mass is 343 g/mol. The maximum Gasteiger partial charge on any atom is 0.232 e. The molecule has 0 aliphatic carbocycles. The molecule has 0 spiro atoms. The number of carbonyl (C=O) groups excluding carboxylic acids is 2. The molecule has 5 nitrogen and oxygen atoms in total. The third kappa shape index (κ3) is 6.42. The average molecular weight is 343 g/mol. The predicted octanol–water partition coefficient (Wildman–Crippen LogP) is 2.22. The Hall–Kier alpha value is -2.34. The molecule has 2 rings (SSSR count). The highest BCUT2D eigenvalue weighted by atomic mass is 32.2. The molecule has 1 aromatic carbocycles. The fourth-order valence-electron chi connectivity index (χ4n) is 2.16. The number of benzene rings is 1. The number of hydrogen-bond acceptors (Lipinski definition) is 4. The number of nitrogens with two attached hydrogens (primary N) is 1. The second-order valence-electron chi connectivity index (χ2n) is 5.33. The molecule has 2 N–H and O–H groups in total. The van der Waals surface area contributed by atoms with Crippen LogP contribution in [0.1, 0.15) is 17.7 Å². The van der Waals surface area contributed by atoms with Crippen molar-refractivity contribution in [3.63, 3.8) is 0 Å². The van der Waals surface area contributed by atoms with Gasteiger partial charge < -0.3 is 10.6 Å². The first-order chi connectivity index (χ1) is 11.6. The van der Waals surface area contributed by atoms with Crippen LogP contribution in [0.5, 0.6) is 0 Å². The van der Waals surface area contributed by atoms with Crippen LogP contribution in [-0.2, 0) is 21.9 Å². The van der Waals surface area contributed by atoms with Crippen LogP contribution in [0.2, 0.25) is 0 Å². The highest BCUT2D eigenvalue weighted by molar-refractivity contribution is 7.99. The van der Waals surface area contributed by atoms with E-state index < -0.39 is 5.91 Å². The molecule has 24 heavy (non-hydrogen) atoms. The van der Waals surface area contributed by atoms with Crippen molar-refractivity contribution < 1.29 is 9.59 Å². The number of aromatic nitrogens is 1. The summed E-state index contributed by atoms with van der Waals surface area (Å²) in [5.41, 5.74) is 7.20. The van der Waals surface area contributed by atoms with Crippen LogP contribution in [0.25, 0.3) is 0 Å². The van der Waals surface area contributed by atoms with Gasteiger partial charge in [0, 0.05) is 31.5 Å². The van der Waals surface area contributed by atoms with Gasteiger partial charge >= 0.3 is 0 Å². The van der Waals surface area contributed by atoms with Crippen LogP contribution in [0.15, 0.2) is 54.7 Å². The standard InChI is InChI=1S/C18H21N3O2S/c19-17(22)9-11-21(12-15-6-2-1-3-7-15)18(23)14-24-13-16-8-4-5-10-20-16/h1-8,10H,9,11-14H2,(H2,19,22). The number of rotatable bonds is 9. The van der Waals surface area contributed by atoms with Crippen molar-refractivity contribution in [2.24, 2.45) is 5.73 Å². The van der Waals surface area contributed by atoms with E-state index >= 15 is 0 Å². The van der Waals surface area contributed by atoms with Gasteiger partial charge in [-0.3, -0.25) is 14.6 Å². The van der Waals surface area contributed by atoms with Crippen LogP contribution >= 0.6 is 11.8 Å². The minimum absolute atomic E-state index is 0.000958. The zero-order valence-corrected chi connectivity index (χ0v) is 14.2. The summed E-state index contributed by atoms with van der Waals surface area (Å²) in [7, 11) is 0. The molecule has 1 aromatic heterocycles. The first kappa shape index (κ1) is 18.0. The van der Waals surface area contributed by atoms with E-state index in [1.807, 2.05) is 48.5 Å². The zero-order valence-electron chi connectivity index (χ0n) is 13.4. The number of amides is 2. The van der Waals surface area contributed by atoms with Gasteiger partial charge in [-0.1, -0.05) is 36.4 Å². The molecule has 0 bridgehead atoms. The van der Waals surface area contributed by atoms with E-state index in [1.54, 1.807) is 11.1 Å². The Kier molecular flexibility index (Phi) is 7.29. The fraction of sp³-hybridized carbons (Fsp3) is 0.278. The molecule has 0 aliphatic heterocycles. The van der Waals surface area contributed by atoms with Gasteiger partial charge in [-0.15, -0.1) is 11.8 Å². The van der Waals surface area contributed by atoms with Crippen molar-refractivity contribution in [2.45, 2.75) is 18.7 Å². The molecule has 1 heterocycles. The first-order valence-electron chi connectivity index (χ1n) is 7.73. The van der Waals surface area contributed by atoms with Gasteiger partial charge in [0.2, 0.25) is 11.8 Å². The van der Waals surface area contributed by atoms with E-state index in [0.717, 1.165) is 11.3 Å². The average Bonchev–Trinajstić information content (AvgIpc) is 2.60. The van der Waals surface area contributed by atoms with Crippen molar-refractivity contribution in [2.75, 3.05) is 12.3 Å². The van der Waals surface area contributed by atoms with Gasteiger partial charge in [-0.25, -0.2) is 0 Å². The van der Waals surface area contributed by atoms with E-state index in [2.05, 4.69) is 4.98 Å². The molecule has 0 aliphatic rings. The zero-order chi connectivity index (χ0) is 17.2. The van der Waals surface area contributed by atoms with E-state index in [0.29, 0.717) is 24.6 Å². The van der Waals surface area contributed by atoms with Gasteiger partial charge in [-0.05, 0) is 17.7 Å². The Balaban J connectivity index is 1.89. The third-order valence-corrected chi connectivity index (χ3v) is 4.35. The summed E-state index contributed by atoms with van der Waals surface area (Å²) in [4.78, 5) is 29.5. The van der Waals surface area contributed by atoms with Crippen LogP contribution in [-0.4, -0.2) is 34.0 Å². The second-order valence-corrected chi connectivity index (χ2v) is 6.32. The highest BCUT2D eigenvalue weighted by Crippen LogP contribution is 2.12. The molecular weight excluding hydrogens is 322 g/mol. The first-order valence-corrected chi connectivity index (χ1v) is 8.88. The van der Waals surface area contributed by atoms with Gasteiger partial charge in [0.25, 0.3) is 0 Å². The number of primary amides is 1. The lowest BCUT2D eigenvalue weighted by Gasteiger charge is -2.22. The van der Waals surface area contributed by atoms with Crippen molar-refractivity contribution in [3.05, 3.63) is 66.0 Å². The Bertz CT molecular complexity index is 650. The number of hydrogen-bond donors (Lipinski definition) is 1. The molecular formula is C18H21N3O2S. The molecule has 6 heteroatoms. The second kappa shape index (κ2) is 9.72. The van der Waals surface area contributed by atoms with Crippen LogP contribution in [0.4, 0.5) is 0 Å². The maximum atomic E-state index is 12.5. The Morgan fingerprint density at radius 3 is 2.50 bits per heavy atom. The predicted molar refractivity (Wildman–Crippen MR) is 96.1 cm³/mol. The van der Waals surface area contributed by atoms with Crippen LogP contribution < -0.4 is 5.73 Å². The largest absolute Gasteiger partial charge is 0.370 e. The number of nitrogens with zero attached hydrogens (tertiary/aromatic N) is 2. The summed E-state index contributed by atoms with van der Waals surface area (Å²) in [5, 5.41) is 0. The van der Waals surface area contributed by atoms with E-state index in [-0.39, 0.29) is 12.3 Å². The summed E-state index contributed by atoms with van der Waals surface area (Å²) < 4.78 is 0. The fourth-order valence-corrected chi connectivity index (χ4v) is 3.00. The lowest BCUT2D eigenvalue weighted by atomic mass is 10.2. The molecule has 2 amide bonds. The smallest absolute Gasteiger partial charge is 0.232 e. The number of carbonyl (C=O) groups is 2. The lowest BCUT2D eigenvalue weighted by molar-refractivity contribution is -0.129. The Morgan fingerprint density at radius 2 is 1.83 bits per heavy atom. The number of thioether (sulfide) groups is 1. The van der Waals surface area contributed by atoms with Crippen LogP contribution in [0.3, 0.4) is 0 Å². The lowest BCUT2D eigenvalue weighted by Crippen LogP contribution is -2.34. The summed E-state index contributed by atoms with van der Waals surface area (Å²) >= 11 is 1.52. The topological polar surface area (TPSA) is 76.3 Å². The van der Waals surface area contributed by atoms with Gasteiger partial charge in [0.15, 0.2) is 0 Å². The van der Waals surface area contributed by atoms with E-state index in [4.69, 9.17) is 5.73 Å². The molecule has 2 aromatic rings. The van der Waals surface area contributed by atoms with Gasteiger partial charge in [0.05, 0.1) is 11.4 Å². The van der Waals surface area contributed by atoms with Crippen molar-refractivity contribution in [3.8, 4) is 0 Å². The number of pyridine rings is 1. The summed E-state index contributed by atoms with van der Waals surface area (Å²) in [6, 6.07) is 15.5. The normalized spacial score (nSPS) is 10.3. The Morgan fingerprint density at radius 1 is 1.08 bits per heavy atom. The minimum Gasteiger partial charge on any atom is -0.370 e. The molecule has 0 saturated carbocycles. The van der Waals surface area contributed by atoms with Gasteiger partial charge in [0.1, 0.15) is 0 Å². The van der Waals surface area contributed by atoms with E-state index in [1.165, 1.54) is 11.8 Å². The Labute approximate surface area is 146 Å². The molecule has 0 unspecified atom stereocenters. The highest BCUT2D eigenvalue weighted by Gasteiger charge is 2.15. The quantitative estimate of drug-likeness (QED) is 0.757. The summed E-state index contributed by atoms with van der Waals surface area (Å²) in [6.45, 7) is 0.824. The maximum absolute atomic E-state index is 12.5. The third-order valence-electron chi connectivity index (χ3n) is 3.40. The molecule has 0 radical (unpaired) electrons. The minimum atomic E-state index is -0.401. The molecule has 126 valence electrons. The van der Waals surface area contributed by atoms with Gasteiger partial charge in [-0.2, -0.15) is 0 Å². The SMILES string of the molecule is NC(=O)CCN(Cc1ccccc1)C(=O)CSCc1ccccn1. The molecule has 0 atom stereocenters. The van der Waals surface area contributed by atoms with Crippen molar-refractivity contribution in [1.29, 1.82) is 0 Å².